The molecule has 0 aliphatic heterocycles. The van der Waals surface area contributed by atoms with Crippen molar-refractivity contribution in [3.63, 3.8) is 0 Å². The monoisotopic (exact) mass is 669 g/mol. The first-order valence-corrected chi connectivity index (χ1v) is 18.0. The molecule has 0 saturated carbocycles. The Hall–Kier alpha value is -6.39. The zero-order valence-electron chi connectivity index (χ0n) is 29.0. The standard InChI is InChI=1S/C48H35N3O/c1-48(2)41-21-10-8-16-35(41)36-28-27-33(29-42(36)48)45-49-46(51-47(50-45)40-20-12-19-38-37-17-9-11-22-43(37)52-44(38)40)39-18-7-6-15-34(39)32-25-23-31(24-26-32)30-13-4-3-5-14-30/h3-13,15-30H,14H2,1-2H3. The Morgan fingerprint density at radius 1 is 0.538 bits per heavy atom. The zero-order valence-corrected chi connectivity index (χ0v) is 29.0. The molecule has 0 spiro atoms. The lowest BCUT2D eigenvalue weighted by molar-refractivity contribution is 0.660. The molecule has 1 atom stereocenters. The van der Waals surface area contributed by atoms with E-state index in [1.54, 1.807) is 0 Å². The number of hydrogen-bond donors (Lipinski definition) is 0. The van der Waals surface area contributed by atoms with Crippen LogP contribution in [-0.4, -0.2) is 15.0 Å². The van der Waals surface area contributed by atoms with E-state index in [4.69, 9.17) is 19.4 Å². The highest BCUT2D eigenvalue weighted by molar-refractivity contribution is 6.09. The molecule has 248 valence electrons. The predicted molar refractivity (Wildman–Crippen MR) is 212 cm³/mol. The minimum atomic E-state index is -0.150. The van der Waals surface area contributed by atoms with Gasteiger partial charge in [0.2, 0.25) is 0 Å². The second kappa shape index (κ2) is 11.9. The average molecular weight is 670 g/mol. The molecule has 0 radical (unpaired) electrons. The Kier molecular flexibility index (Phi) is 6.94. The minimum absolute atomic E-state index is 0.150. The summed E-state index contributed by atoms with van der Waals surface area (Å²) in [7, 11) is 0. The number of benzene rings is 6. The normalized spacial score (nSPS) is 15.6. The molecule has 1 unspecified atom stereocenters. The highest BCUT2D eigenvalue weighted by Gasteiger charge is 2.35. The van der Waals surface area contributed by atoms with E-state index in [-0.39, 0.29) is 5.41 Å². The molecule has 52 heavy (non-hydrogen) atoms. The van der Waals surface area contributed by atoms with Crippen LogP contribution >= 0.6 is 0 Å². The number of aromatic nitrogens is 3. The summed E-state index contributed by atoms with van der Waals surface area (Å²) >= 11 is 0. The lowest BCUT2D eigenvalue weighted by Gasteiger charge is -2.21. The van der Waals surface area contributed by atoms with Crippen molar-refractivity contribution in [1.29, 1.82) is 0 Å². The van der Waals surface area contributed by atoms with E-state index in [9.17, 15) is 0 Å². The number of hydrogen-bond acceptors (Lipinski definition) is 4. The van der Waals surface area contributed by atoms with Crippen LogP contribution in [0.15, 0.2) is 162 Å². The van der Waals surface area contributed by atoms with E-state index in [0.717, 1.165) is 56.2 Å². The van der Waals surface area contributed by atoms with Crippen LogP contribution in [-0.2, 0) is 5.41 Å². The van der Waals surface area contributed by atoms with Gasteiger partial charge in [0.05, 0.1) is 5.56 Å². The first-order chi connectivity index (χ1) is 25.5. The Bertz CT molecular complexity index is 2750. The number of nitrogens with zero attached hydrogens (tertiary/aromatic N) is 3. The molecule has 0 amide bonds. The van der Waals surface area contributed by atoms with Gasteiger partial charge in [-0.1, -0.05) is 153 Å². The van der Waals surface area contributed by atoms with E-state index in [1.807, 2.05) is 18.2 Å². The molecule has 0 saturated heterocycles. The Morgan fingerprint density at radius 2 is 1.19 bits per heavy atom. The van der Waals surface area contributed by atoms with Crippen LogP contribution in [0.5, 0.6) is 0 Å². The van der Waals surface area contributed by atoms with Gasteiger partial charge in [-0.2, -0.15) is 0 Å². The number of para-hydroxylation sites is 2. The number of furan rings is 1. The third-order valence-corrected chi connectivity index (χ3v) is 10.9. The first-order valence-electron chi connectivity index (χ1n) is 18.0. The summed E-state index contributed by atoms with van der Waals surface area (Å²) in [5.74, 6) is 2.23. The van der Waals surface area contributed by atoms with E-state index < -0.39 is 0 Å². The van der Waals surface area contributed by atoms with Gasteiger partial charge in [-0.3, -0.25) is 0 Å². The van der Waals surface area contributed by atoms with Gasteiger partial charge in [0.25, 0.3) is 0 Å². The summed E-state index contributed by atoms with van der Waals surface area (Å²) in [5, 5.41) is 2.11. The smallest absolute Gasteiger partial charge is 0.167 e. The summed E-state index contributed by atoms with van der Waals surface area (Å²) in [6, 6.07) is 47.1. The molecule has 0 bridgehead atoms. The van der Waals surface area contributed by atoms with Gasteiger partial charge >= 0.3 is 0 Å². The van der Waals surface area contributed by atoms with Crippen molar-refractivity contribution < 1.29 is 4.42 Å². The summed E-state index contributed by atoms with van der Waals surface area (Å²) in [6.07, 6.45) is 9.79. The maximum atomic E-state index is 6.50. The highest BCUT2D eigenvalue weighted by Crippen LogP contribution is 2.49. The van der Waals surface area contributed by atoms with Crippen LogP contribution in [0.2, 0.25) is 0 Å². The van der Waals surface area contributed by atoms with Gasteiger partial charge in [0.1, 0.15) is 11.2 Å². The molecule has 2 aliphatic carbocycles. The number of allylic oxidation sites excluding steroid dienone is 4. The third-order valence-electron chi connectivity index (χ3n) is 10.9. The minimum Gasteiger partial charge on any atom is -0.455 e. The molecule has 8 aromatic rings. The quantitative estimate of drug-likeness (QED) is 0.183. The Balaban J connectivity index is 1.16. The molecule has 0 N–H and O–H groups in total. The summed E-state index contributed by atoms with van der Waals surface area (Å²) in [6.45, 7) is 4.60. The number of fused-ring (bicyclic) bond motifs is 6. The van der Waals surface area contributed by atoms with Gasteiger partial charge in [0.15, 0.2) is 17.5 Å². The predicted octanol–water partition coefficient (Wildman–Crippen LogP) is 12.3. The number of rotatable bonds is 5. The van der Waals surface area contributed by atoms with Crippen molar-refractivity contribution in [3.8, 4) is 56.4 Å². The van der Waals surface area contributed by atoms with Crippen molar-refractivity contribution in [3.05, 3.63) is 174 Å². The largest absolute Gasteiger partial charge is 0.455 e. The van der Waals surface area contributed by atoms with Crippen molar-refractivity contribution in [2.45, 2.75) is 31.6 Å². The van der Waals surface area contributed by atoms with E-state index in [2.05, 4.69) is 153 Å². The fourth-order valence-corrected chi connectivity index (χ4v) is 8.18. The van der Waals surface area contributed by atoms with Crippen LogP contribution < -0.4 is 0 Å². The zero-order chi connectivity index (χ0) is 34.8. The maximum Gasteiger partial charge on any atom is 0.167 e. The van der Waals surface area contributed by atoms with Gasteiger partial charge in [-0.25, -0.2) is 15.0 Å². The molecule has 2 aromatic heterocycles. The third kappa shape index (κ3) is 4.86. The van der Waals surface area contributed by atoms with E-state index in [1.165, 1.54) is 27.8 Å². The van der Waals surface area contributed by atoms with Gasteiger partial charge in [0, 0.05) is 33.2 Å². The highest BCUT2D eigenvalue weighted by atomic mass is 16.3. The molecule has 4 heteroatoms. The van der Waals surface area contributed by atoms with Gasteiger partial charge < -0.3 is 4.42 Å². The fraction of sp³-hybridized carbons (Fsp3) is 0.104. The lowest BCUT2D eigenvalue weighted by atomic mass is 9.82. The molecule has 2 heterocycles. The topological polar surface area (TPSA) is 51.8 Å². The molecule has 2 aliphatic rings. The van der Waals surface area contributed by atoms with Crippen LogP contribution in [0.3, 0.4) is 0 Å². The van der Waals surface area contributed by atoms with Crippen LogP contribution in [0.1, 0.15) is 42.9 Å². The summed E-state index contributed by atoms with van der Waals surface area (Å²) in [4.78, 5) is 15.7. The van der Waals surface area contributed by atoms with E-state index in [0.29, 0.717) is 23.4 Å². The van der Waals surface area contributed by atoms with Crippen molar-refractivity contribution in [1.82, 2.24) is 15.0 Å². The van der Waals surface area contributed by atoms with Crippen molar-refractivity contribution in [2.75, 3.05) is 0 Å². The SMILES string of the molecule is CC1(C)c2ccccc2-c2ccc(-c3nc(-c4ccccc4-c4ccc(C5C=CC=CC5)cc4)nc(-c4cccc5c4oc4ccccc45)n3)cc21. The van der Waals surface area contributed by atoms with Gasteiger partial charge in [-0.05, 0) is 63.6 Å². The summed E-state index contributed by atoms with van der Waals surface area (Å²) < 4.78 is 6.50. The molecule has 10 rings (SSSR count). The molecule has 0 fully saturated rings. The van der Waals surface area contributed by atoms with Crippen LogP contribution in [0.4, 0.5) is 0 Å². The van der Waals surface area contributed by atoms with Crippen LogP contribution in [0.25, 0.3) is 78.4 Å². The average Bonchev–Trinajstić information content (AvgIpc) is 3.70. The second-order valence-electron chi connectivity index (χ2n) is 14.3. The molecular weight excluding hydrogens is 635 g/mol. The van der Waals surface area contributed by atoms with E-state index >= 15 is 0 Å². The molecular formula is C48H35N3O. The summed E-state index contributed by atoms with van der Waals surface area (Å²) in [5.41, 5.74) is 12.9. The first kappa shape index (κ1) is 30.4. The maximum absolute atomic E-state index is 6.50. The van der Waals surface area contributed by atoms with Crippen molar-refractivity contribution in [2.24, 2.45) is 0 Å². The molecule has 4 nitrogen and oxygen atoms in total. The fourth-order valence-electron chi connectivity index (χ4n) is 8.18. The Morgan fingerprint density at radius 3 is 2.02 bits per heavy atom. The lowest BCUT2D eigenvalue weighted by Crippen LogP contribution is -2.15. The van der Waals surface area contributed by atoms with Gasteiger partial charge in [-0.15, -0.1) is 0 Å². The Labute approximate surface area is 302 Å². The van der Waals surface area contributed by atoms with Crippen molar-refractivity contribution >= 4 is 21.9 Å². The molecule has 6 aromatic carbocycles. The van der Waals surface area contributed by atoms with Crippen LogP contribution in [0, 0.1) is 0 Å². The second-order valence-corrected chi connectivity index (χ2v) is 14.3.